The number of para-hydroxylation sites is 1. The van der Waals surface area contributed by atoms with Crippen LogP contribution in [0.25, 0.3) is 0 Å². The highest BCUT2D eigenvalue weighted by atomic mass is 32.2. The monoisotopic (exact) mass is 384 g/mol. The van der Waals surface area contributed by atoms with E-state index in [2.05, 4.69) is 72.2 Å². The number of fused-ring (bicyclic) bond motifs is 1. The Bertz CT molecular complexity index is 1090. The zero-order chi connectivity index (χ0) is 19.7. The number of amidine groups is 1. The Hall–Kier alpha value is -3.10. The summed E-state index contributed by atoms with van der Waals surface area (Å²) in [4.78, 5) is 11.6. The minimum atomic E-state index is -0.0840. The van der Waals surface area contributed by atoms with Crippen molar-refractivity contribution in [3.63, 3.8) is 0 Å². The molecule has 0 unspecified atom stereocenters. The Morgan fingerprint density at radius 2 is 1.79 bits per heavy atom. The minimum absolute atomic E-state index is 0.0840. The maximum absolute atomic E-state index is 8.92. The smallest absolute Gasteiger partial charge is 0.208 e. The van der Waals surface area contributed by atoms with E-state index in [-0.39, 0.29) is 5.41 Å². The summed E-state index contributed by atoms with van der Waals surface area (Å²) in [6.45, 7) is 4.49. The molecular formula is C23H20N4S. The second-order valence-electron chi connectivity index (χ2n) is 7.21. The van der Waals surface area contributed by atoms with Crippen LogP contribution < -0.4 is 4.90 Å². The molecule has 28 heavy (non-hydrogen) atoms. The van der Waals surface area contributed by atoms with E-state index >= 15 is 0 Å². The molecule has 0 bridgehead atoms. The Balaban J connectivity index is 1.76. The summed E-state index contributed by atoms with van der Waals surface area (Å²) >= 11 is 1.43. The highest BCUT2D eigenvalue weighted by Crippen LogP contribution is 2.46. The number of thioether (sulfide) groups is 1. The average Bonchev–Trinajstić information content (AvgIpc) is 3.19. The van der Waals surface area contributed by atoms with Gasteiger partial charge in [0.1, 0.15) is 0 Å². The first-order valence-corrected chi connectivity index (χ1v) is 9.89. The summed E-state index contributed by atoms with van der Waals surface area (Å²) in [5.74, 6) is 0. The van der Waals surface area contributed by atoms with Crippen LogP contribution >= 0.6 is 11.8 Å². The number of rotatable bonds is 2. The van der Waals surface area contributed by atoms with Gasteiger partial charge in [-0.2, -0.15) is 5.26 Å². The van der Waals surface area contributed by atoms with Crippen LogP contribution in [0.15, 0.2) is 87.3 Å². The minimum Gasteiger partial charge on any atom is -0.347 e. The summed E-state index contributed by atoms with van der Waals surface area (Å²) in [6.07, 6.45) is 6.10. The summed E-state index contributed by atoms with van der Waals surface area (Å²) in [5, 5.41) is 9.40. The van der Waals surface area contributed by atoms with E-state index in [1.54, 1.807) is 0 Å². The molecule has 138 valence electrons. The van der Waals surface area contributed by atoms with Crippen molar-refractivity contribution in [2.75, 3.05) is 11.9 Å². The molecule has 5 heteroatoms. The van der Waals surface area contributed by atoms with Crippen molar-refractivity contribution in [3.8, 4) is 6.19 Å². The van der Waals surface area contributed by atoms with Crippen molar-refractivity contribution in [1.29, 1.82) is 5.26 Å². The van der Waals surface area contributed by atoms with Gasteiger partial charge in [0.25, 0.3) is 0 Å². The van der Waals surface area contributed by atoms with Gasteiger partial charge in [-0.1, -0.05) is 62.4 Å². The summed E-state index contributed by atoms with van der Waals surface area (Å²) in [5.41, 5.74) is 5.57. The third kappa shape index (κ3) is 3.06. The molecular weight excluding hydrogens is 364 g/mol. The van der Waals surface area contributed by atoms with Crippen LogP contribution in [0.3, 0.4) is 0 Å². The predicted octanol–water partition coefficient (Wildman–Crippen LogP) is 5.25. The zero-order valence-corrected chi connectivity index (χ0v) is 16.9. The lowest BCUT2D eigenvalue weighted by Gasteiger charge is -2.23. The van der Waals surface area contributed by atoms with E-state index in [0.29, 0.717) is 5.17 Å². The molecule has 0 fully saturated rings. The molecule has 0 atom stereocenters. The van der Waals surface area contributed by atoms with Crippen LogP contribution in [0.5, 0.6) is 0 Å². The lowest BCUT2D eigenvalue weighted by atomic mass is 9.84. The van der Waals surface area contributed by atoms with Gasteiger partial charge in [0.05, 0.1) is 5.71 Å². The molecule has 0 aromatic heterocycles. The van der Waals surface area contributed by atoms with E-state index in [1.165, 1.54) is 28.7 Å². The second-order valence-corrected chi connectivity index (χ2v) is 8.22. The van der Waals surface area contributed by atoms with Gasteiger partial charge >= 0.3 is 0 Å². The van der Waals surface area contributed by atoms with Crippen LogP contribution in [0.2, 0.25) is 0 Å². The van der Waals surface area contributed by atoms with E-state index in [1.807, 2.05) is 36.5 Å². The number of aliphatic imine (C=N–C) groups is 2. The predicted molar refractivity (Wildman–Crippen MR) is 118 cm³/mol. The fraction of sp³-hybridized carbons (Fsp3) is 0.174. The largest absolute Gasteiger partial charge is 0.347 e. The number of benzene rings is 2. The molecule has 0 amide bonds. The summed E-state index contributed by atoms with van der Waals surface area (Å²) < 4.78 is 0. The van der Waals surface area contributed by atoms with E-state index in [0.717, 1.165) is 16.2 Å². The highest BCUT2D eigenvalue weighted by molar-refractivity contribution is 8.18. The number of nitriles is 1. The number of allylic oxidation sites excluding steroid dienone is 4. The van der Waals surface area contributed by atoms with Crippen LogP contribution in [0.1, 0.15) is 25.0 Å². The Kier molecular flexibility index (Phi) is 4.66. The van der Waals surface area contributed by atoms with Gasteiger partial charge in [-0.3, -0.25) is 0 Å². The average molecular weight is 385 g/mol. The maximum atomic E-state index is 8.92. The number of hydrogen-bond donors (Lipinski definition) is 0. The van der Waals surface area contributed by atoms with Crippen LogP contribution in [-0.4, -0.2) is 17.9 Å². The molecule has 0 aliphatic carbocycles. The van der Waals surface area contributed by atoms with Crippen molar-refractivity contribution in [1.82, 2.24) is 0 Å². The molecule has 2 heterocycles. The number of hydrogen-bond acceptors (Lipinski definition) is 4. The van der Waals surface area contributed by atoms with Crippen LogP contribution in [0, 0.1) is 11.5 Å². The first-order valence-electron chi connectivity index (χ1n) is 9.07. The molecule has 0 saturated carbocycles. The maximum Gasteiger partial charge on any atom is 0.208 e. The van der Waals surface area contributed by atoms with Crippen molar-refractivity contribution < 1.29 is 0 Å². The Labute approximate surface area is 169 Å². The zero-order valence-electron chi connectivity index (χ0n) is 16.0. The number of nitrogens with zero attached hydrogens (tertiary/aromatic N) is 4. The topological polar surface area (TPSA) is 51.8 Å². The van der Waals surface area contributed by atoms with Gasteiger partial charge in [-0.25, -0.2) is 4.99 Å². The molecule has 0 spiro atoms. The molecule has 2 aliphatic heterocycles. The second kappa shape index (κ2) is 7.14. The van der Waals surface area contributed by atoms with Gasteiger partial charge < -0.3 is 4.90 Å². The van der Waals surface area contributed by atoms with E-state index in [9.17, 15) is 0 Å². The van der Waals surface area contributed by atoms with Gasteiger partial charge in [-0.05, 0) is 35.5 Å². The molecule has 4 rings (SSSR count). The molecule has 0 saturated heterocycles. The lowest BCUT2D eigenvalue weighted by molar-refractivity contribution is 0.640. The molecule has 0 radical (unpaired) electrons. The highest BCUT2D eigenvalue weighted by Gasteiger charge is 2.37. The normalized spacial score (nSPS) is 21.9. The lowest BCUT2D eigenvalue weighted by Crippen LogP contribution is -2.22. The third-order valence-electron chi connectivity index (χ3n) is 5.17. The third-order valence-corrected chi connectivity index (χ3v) is 6.08. The van der Waals surface area contributed by atoms with Crippen molar-refractivity contribution in [2.24, 2.45) is 9.98 Å². The van der Waals surface area contributed by atoms with Crippen molar-refractivity contribution in [3.05, 3.63) is 88.5 Å². The van der Waals surface area contributed by atoms with Crippen LogP contribution in [0.4, 0.5) is 5.69 Å². The number of anilines is 1. The standard InChI is InChI=1S/C23H20N4S/c1-23(2)17-11-7-8-12-18(17)27(3)20(23)14-13-19-21(16-9-5-4-6-10-16)26-22(28-19)25-15-24/h4-14H,1-3H3/b19-13-,20-14+,25-22?. The van der Waals surface area contributed by atoms with Gasteiger partial charge in [0, 0.05) is 34.3 Å². The SMILES string of the molecule is CN1/C(=C/C=C2\SC(=NC#N)N=C2c2ccccc2)C(C)(C)c2ccccc21. The van der Waals surface area contributed by atoms with Gasteiger partial charge in [0.15, 0.2) is 0 Å². The molecule has 2 aromatic carbocycles. The van der Waals surface area contributed by atoms with Crippen molar-refractivity contribution >= 4 is 28.3 Å². The quantitative estimate of drug-likeness (QED) is 0.664. The summed E-state index contributed by atoms with van der Waals surface area (Å²) in [6, 6.07) is 18.5. The van der Waals surface area contributed by atoms with Crippen molar-refractivity contribution in [2.45, 2.75) is 19.3 Å². The number of likely N-dealkylation sites (N-methyl/N-ethyl adjacent to an activating group) is 1. The van der Waals surface area contributed by atoms with Crippen LogP contribution in [-0.2, 0) is 5.41 Å². The Morgan fingerprint density at radius 1 is 1.07 bits per heavy atom. The van der Waals surface area contributed by atoms with E-state index < -0.39 is 0 Å². The molecule has 2 aromatic rings. The Morgan fingerprint density at radius 3 is 2.50 bits per heavy atom. The molecule has 2 aliphatic rings. The first-order chi connectivity index (χ1) is 13.5. The fourth-order valence-electron chi connectivity index (χ4n) is 3.78. The fourth-order valence-corrected chi connectivity index (χ4v) is 4.60. The summed E-state index contributed by atoms with van der Waals surface area (Å²) in [7, 11) is 2.11. The van der Waals surface area contributed by atoms with Gasteiger partial charge in [-0.15, -0.1) is 4.99 Å². The first kappa shape index (κ1) is 18.3. The molecule has 4 nitrogen and oxygen atoms in total. The molecule has 0 N–H and O–H groups in total. The van der Waals surface area contributed by atoms with Gasteiger partial charge in [0.2, 0.25) is 11.4 Å². The van der Waals surface area contributed by atoms with E-state index in [4.69, 9.17) is 5.26 Å².